The molecule has 1 amide bonds. The summed E-state index contributed by atoms with van der Waals surface area (Å²) in [5.74, 6) is -0.0665. The van der Waals surface area contributed by atoms with E-state index >= 15 is 0 Å². The lowest BCUT2D eigenvalue weighted by Crippen LogP contribution is -2.43. The summed E-state index contributed by atoms with van der Waals surface area (Å²) in [6, 6.07) is 5.07. The summed E-state index contributed by atoms with van der Waals surface area (Å²) in [7, 11) is 0. The summed E-state index contributed by atoms with van der Waals surface area (Å²) < 4.78 is 4.89. The molecule has 2 heterocycles. The molecule has 3 N–H and O–H groups in total. The topological polar surface area (TPSA) is 87.1 Å². The van der Waals surface area contributed by atoms with Crippen LogP contribution >= 0.6 is 0 Å². The zero-order valence-electron chi connectivity index (χ0n) is 9.66. The van der Waals surface area contributed by atoms with Crippen molar-refractivity contribution in [3.8, 4) is 0 Å². The molecule has 0 bridgehead atoms. The first-order chi connectivity index (χ1) is 8.70. The summed E-state index contributed by atoms with van der Waals surface area (Å²) in [5.41, 5.74) is 1.74. The van der Waals surface area contributed by atoms with Crippen molar-refractivity contribution >= 4 is 22.7 Å². The molecule has 94 valence electrons. The highest BCUT2D eigenvalue weighted by Gasteiger charge is 2.20. The second-order valence-corrected chi connectivity index (χ2v) is 4.50. The van der Waals surface area contributed by atoms with Crippen molar-refractivity contribution in [2.45, 2.75) is 6.42 Å². The molecule has 2 aromatic rings. The van der Waals surface area contributed by atoms with Gasteiger partial charge in [0.15, 0.2) is 5.58 Å². The van der Waals surface area contributed by atoms with Crippen molar-refractivity contribution in [1.29, 1.82) is 0 Å². The lowest BCUT2D eigenvalue weighted by Gasteiger charge is -2.26. The number of H-pyrrole nitrogens is 1. The maximum absolute atomic E-state index is 11.7. The van der Waals surface area contributed by atoms with Crippen molar-refractivity contribution in [1.82, 2.24) is 10.3 Å². The molecule has 0 spiro atoms. The number of rotatable bonds is 3. The molecular formula is C12H13N3O3. The molecule has 1 aliphatic rings. The standard InChI is InChI=1S/C12H13N3O3/c16-11(3-7-5-13-6-7)14-8-1-2-10-9(4-8)15-12(17)18-10/h1-2,4,7,13H,3,5-6H2,(H,14,16)(H,15,17). The third-order valence-corrected chi connectivity index (χ3v) is 3.04. The highest BCUT2D eigenvalue weighted by molar-refractivity contribution is 5.92. The van der Waals surface area contributed by atoms with E-state index in [-0.39, 0.29) is 5.91 Å². The minimum atomic E-state index is -0.492. The number of amides is 1. The van der Waals surface area contributed by atoms with E-state index in [4.69, 9.17) is 4.42 Å². The Morgan fingerprint density at radius 2 is 2.28 bits per heavy atom. The molecule has 18 heavy (non-hydrogen) atoms. The van der Waals surface area contributed by atoms with Crippen LogP contribution in [-0.4, -0.2) is 24.0 Å². The van der Waals surface area contributed by atoms with Gasteiger partial charge in [0.2, 0.25) is 5.91 Å². The van der Waals surface area contributed by atoms with Gasteiger partial charge in [0.1, 0.15) is 0 Å². The van der Waals surface area contributed by atoms with Crippen LogP contribution in [0, 0.1) is 5.92 Å². The summed E-state index contributed by atoms with van der Waals surface area (Å²) in [6.07, 6.45) is 0.521. The van der Waals surface area contributed by atoms with Crippen molar-refractivity contribution in [2.75, 3.05) is 18.4 Å². The number of aromatic amines is 1. The van der Waals surface area contributed by atoms with Gasteiger partial charge in [-0.25, -0.2) is 4.79 Å². The van der Waals surface area contributed by atoms with Crippen molar-refractivity contribution in [3.63, 3.8) is 0 Å². The van der Waals surface area contributed by atoms with Crippen LogP contribution in [0.1, 0.15) is 6.42 Å². The number of benzene rings is 1. The number of anilines is 1. The van der Waals surface area contributed by atoms with Crippen molar-refractivity contribution in [3.05, 3.63) is 28.7 Å². The molecule has 1 aliphatic heterocycles. The van der Waals surface area contributed by atoms with Crippen molar-refractivity contribution in [2.24, 2.45) is 5.92 Å². The van der Waals surface area contributed by atoms with Crippen molar-refractivity contribution < 1.29 is 9.21 Å². The molecule has 1 saturated heterocycles. The second kappa shape index (κ2) is 4.30. The van der Waals surface area contributed by atoms with Crippen LogP contribution in [0.2, 0.25) is 0 Å². The Labute approximate surface area is 102 Å². The number of hydrogen-bond acceptors (Lipinski definition) is 4. The van der Waals surface area contributed by atoms with Crippen LogP contribution < -0.4 is 16.4 Å². The number of aromatic nitrogens is 1. The number of nitrogens with one attached hydrogen (secondary N) is 3. The number of carbonyl (C=O) groups is 1. The van der Waals surface area contributed by atoms with E-state index in [0.29, 0.717) is 29.1 Å². The van der Waals surface area contributed by atoms with Crippen LogP contribution in [0.15, 0.2) is 27.4 Å². The van der Waals surface area contributed by atoms with Crippen LogP contribution in [-0.2, 0) is 4.79 Å². The van der Waals surface area contributed by atoms with E-state index < -0.39 is 5.76 Å². The fourth-order valence-electron chi connectivity index (χ4n) is 2.00. The fraction of sp³-hybridized carbons (Fsp3) is 0.333. The number of carbonyl (C=O) groups excluding carboxylic acids is 1. The monoisotopic (exact) mass is 247 g/mol. The lowest BCUT2D eigenvalue weighted by molar-refractivity contribution is -0.117. The van der Waals surface area contributed by atoms with Gasteiger partial charge < -0.3 is 15.1 Å². The van der Waals surface area contributed by atoms with Gasteiger partial charge in [0, 0.05) is 12.1 Å². The third kappa shape index (κ3) is 2.14. The predicted octanol–water partition coefficient (Wildman–Crippen LogP) is 0.669. The molecule has 1 fully saturated rings. The highest BCUT2D eigenvalue weighted by Crippen LogP contribution is 2.17. The van der Waals surface area contributed by atoms with Gasteiger partial charge in [-0.05, 0) is 37.2 Å². The zero-order valence-corrected chi connectivity index (χ0v) is 9.66. The predicted molar refractivity (Wildman–Crippen MR) is 66.4 cm³/mol. The first-order valence-electron chi connectivity index (χ1n) is 5.84. The summed E-state index contributed by atoms with van der Waals surface area (Å²) >= 11 is 0. The van der Waals surface area contributed by atoms with E-state index in [1.54, 1.807) is 18.2 Å². The molecule has 1 aromatic carbocycles. The largest absolute Gasteiger partial charge is 0.417 e. The Balaban J connectivity index is 1.73. The molecule has 0 saturated carbocycles. The van der Waals surface area contributed by atoms with Crippen LogP contribution in [0.25, 0.3) is 11.1 Å². The lowest BCUT2D eigenvalue weighted by atomic mass is 9.99. The van der Waals surface area contributed by atoms with Gasteiger partial charge in [-0.3, -0.25) is 9.78 Å². The van der Waals surface area contributed by atoms with Gasteiger partial charge in [0.25, 0.3) is 0 Å². The molecule has 3 rings (SSSR count). The molecule has 6 heteroatoms. The number of hydrogen-bond donors (Lipinski definition) is 3. The average Bonchev–Trinajstić information content (AvgIpc) is 2.63. The van der Waals surface area contributed by atoms with E-state index in [1.807, 2.05) is 0 Å². The quantitative estimate of drug-likeness (QED) is 0.744. The zero-order chi connectivity index (χ0) is 12.5. The fourth-order valence-corrected chi connectivity index (χ4v) is 2.00. The maximum atomic E-state index is 11.7. The van der Waals surface area contributed by atoms with Crippen LogP contribution in [0.3, 0.4) is 0 Å². The Hall–Kier alpha value is -2.08. The van der Waals surface area contributed by atoms with Gasteiger partial charge in [-0.15, -0.1) is 0 Å². The molecule has 1 aromatic heterocycles. The second-order valence-electron chi connectivity index (χ2n) is 4.50. The van der Waals surface area contributed by atoms with E-state index in [9.17, 15) is 9.59 Å². The average molecular weight is 247 g/mol. The molecule has 0 unspecified atom stereocenters. The minimum Gasteiger partial charge on any atom is -0.408 e. The Kier molecular flexibility index (Phi) is 2.64. The molecule has 0 aliphatic carbocycles. The van der Waals surface area contributed by atoms with E-state index in [0.717, 1.165) is 13.1 Å². The third-order valence-electron chi connectivity index (χ3n) is 3.04. The summed E-state index contributed by atoms with van der Waals surface area (Å²) in [4.78, 5) is 25.3. The summed E-state index contributed by atoms with van der Waals surface area (Å²) in [5, 5.41) is 5.94. The number of oxazole rings is 1. The Morgan fingerprint density at radius 3 is 3.00 bits per heavy atom. The van der Waals surface area contributed by atoms with Gasteiger partial charge >= 0.3 is 5.76 Å². The SMILES string of the molecule is O=C(CC1CNC1)Nc1ccc2oc(=O)[nH]c2c1. The van der Waals surface area contributed by atoms with Crippen LogP contribution in [0.5, 0.6) is 0 Å². The van der Waals surface area contributed by atoms with E-state index in [1.165, 1.54) is 0 Å². The Bertz CT molecular complexity index is 639. The van der Waals surface area contributed by atoms with Gasteiger partial charge in [-0.1, -0.05) is 0 Å². The number of fused-ring (bicyclic) bond motifs is 1. The highest BCUT2D eigenvalue weighted by atomic mass is 16.4. The summed E-state index contributed by atoms with van der Waals surface area (Å²) in [6.45, 7) is 1.81. The molecule has 6 nitrogen and oxygen atoms in total. The minimum absolute atomic E-state index is 0.00769. The maximum Gasteiger partial charge on any atom is 0.417 e. The molecular weight excluding hydrogens is 234 g/mol. The smallest absolute Gasteiger partial charge is 0.408 e. The van der Waals surface area contributed by atoms with Gasteiger partial charge in [0.05, 0.1) is 5.52 Å². The Morgan fingerprint density at radius 1 is 1.44 bits per heavy atom. The van der Waals surface area contributed by atoms with Crippen LogP contribution in [0.4, 0.5) is 5.69 Å². The molecule has 0 radical (unpaired) electrons. The first kappa shape index (κ1) is 11.0. The molecule has 0 atom stereocenters. The van der Waals surface area contributed by atoms with Gasteiger partial charge in [-0.2, -0.15) is 0 Å². The first-order valence-corrected chi connectivity index (χ1v) is 5.84. The van der Waals surface area contributed by atoms with E-state index in [2.05, 4.69) is 15.6 Å². The normalized spacial score (nSPS) is 15.6.